The summed E-state index contributed by atoms with van der Waals surface area (Å²) >= 11 is 0. The fraction of sp³-hybridized carbons (Fsp3) is 0.286. The van der Waals surface area contributed by atoms with Crippen LogP contribution in [0.1, 0.15) is 28.8 Å². The summed E-state index contributed by atoms with van der Waals surface area (Å²) in [7, 11) is 1.56. The van der Waals surface area contributed by atoms with Gasteiger partial charge >= 0.3 is 0 Å². The zero-order chi connectivity index (χ0) is 13.1. The predicted molar refractivity (Wildman–Crippen MR) is 69.1 cm³/mol. The van der Waals surface area contributed by atoms with Gasteiger partial charge in [0.25, 0.3) is 5.91 Å². The largest absolute Gasteiger partial charge is 0.496 e. The summed E-state index contributed by atoms with van der Waals surface area (Å²) in [6.07, 6.45) is 2.47. The number of carbonyl (C=O) groups excluding carboxylic acids is 1. The van der Waals surface area contributed by atoms with E-state index in [1.807, 2.05) is 26.0 Å². The summed E-state index contributed by atoms with van der Waals surface area (Å²) in [5, 5.41) is 0. The molecular weight excluding hydrogens is 228 g/mol. The lowest BCUT2D eigenvalue weighted by molar-refractivity contribution is 0.0953. The Hall–Kier alpha value is -2.10. The van der Waals surface area contributed by atoms with Crippen LogP contribution in [0.5, 0.6) is 5.75 Å². The Balaban J connectivity index is 2.47. The monoisotopic (exact) mass is 244 g/mol. The van der Waals surface area contributed by atoms with E-state index in [-0.39, 0.29) is 5.91 Å². The molecule has 0 unspecified atom stereocenters. The van der Waals surface area contributed by atoms with Crippen molar-refractivity contribution in [2.24, 2.45) is 0 Å². The van der Waals surface area contributed by atoms with Crippen LogP contribution in [0.25, 0.3) is 0 Å². The highest BCUT2D eigenvalue weighted by molar-refractivity contribution is 5.98. The molecule has 0 saturated heterocycles. The van der Waals surface area contributed by atoms with Crippen LogP contribution < -0.4 is 4.74 Å². The number of carbonyl (C=O) groups is 1. The SMILES string of the molecule is CCc1nc(C)cn1C(=O)c1ccccc1OC. The van der Waals surface area contributed by atoms with Crippen molar-refractivity contribution in [3.8, 4) is 5.75 Å². The van der Waals surface area contributed by atoms with Gasteiger partial charge in [0.05, 0.1) is 18.4 Å². The van der Waals surface area contributed by atoms with Crippen molar-refractivity contribution in [2.75, 3.05) is 7.11 Å². The number of imidazole rings is 1. The minimum Gasteiger partial charge on any atom is -0.496 e. The number of para-hydroxylation sites is 1. The topological polar surface area (TPSA) is 44.1 Å². The van der Waals surface area contributed by atoms with Crippen LogP contribution in [0, 0.1) is 6.92 Å². The van der Waals surface area contributed by atoms with E-state index in [0.29, 0.717) is 17.7 Å². The van der Waals surface area contributed by atoms with Crippen LogP contribution in [-0.4, -0.2) is 22.6 Å². The van der Waals surface area contributed by atoms with E-state index in [4.69, 9.17) is 4.74 Å². The summed E-state index contributed by atoms with van der Waals surface area (Å²) in [6, 6.07) is 7.21. The van der Waals surface area contributed by atoms with Crippen LogP contribution in [0.4, 0.5) is 0 Å². The van der Waals surface area contributed by atoms with Crippen molar-refractivity contribution in [3.63, 3.8) is 0 Å². The second-order valence-electron chi connectivity index (χ2n) is 4.03. The number of methoxy groups -OCH3 is 1. The predicted octanol–water partition coefficient (Wildman–Crippen LogP) is 2.45. The minimum atomic E-state index is -0.107. The maximum atomic E-state index is 12.5. The molecule has 0 radical (unpaired) electrons. The average Bonchev–Trinajstić information content (AvgIpc) is 2.79. The van der Waals surface area contributed by atoms with Gasteiger partial charge in [-0.3, -0.25) is 9.36 Å². The molecule has 2 aromatic rings. The number of benzene rings is 1. The maximum Gasteiger partial charge on any atom is 0.267 e. The lowest BCUT2D eigenvalue weighted by Gasteiger charge is -2.09. The molecule has 0 aliphatic rings. The molecule has 0 fully saturated rings. The molecule has 0 aliphatic carbocycles. The van der Waals surface area contributed by atoms with Crippen molar-refractivity contribution in [3.05, 3.63) is 47.5 Å². The van der Waals surface area contributed by atoms with E-state index < -0.39 is 0 Å². The van der Waals surface area contributed by atoms with E-state index in [0.717, 1.165) is 11.5 Å². The first-order valence-corrected chi connectivity index (χ1v) is 5.90. The number of aromatic nitrogens is 2. The first-order chi connectivity index (χ1) is 8.67. The average molecular weight is 244 g/mol. The third-order valence-electron chi connectivity index (χ3n) is 2.77. The molecule has 0 N–H and O–H groups in total. The normalized spacial score (nSPS) is 10.4. The van der Waals surface area contributed by atoms with Gasteiger partial charge in [-0.1, -0.05) is 19.1 Å². The lowest BCUT2D eigenvalue weighted by Crippen LogP contribution is -2.15. The Morgan fingerprint density at radius 3 is 2.78 bits per heavy atom. The third-order valence-corrected chi connectivity index (χ3v) is 2.77. The Bertz CT molecular complexity index is 573. The van der Waals surface area contributed by atoms with Gasteiger partial charge in [-0.2, -0.15) is 0 Å². The smallest absolute Gasteiger partial charge is 0.267 e. The molecule has 4 nitrogen and oxygen atoms in total. The zero-order valence-corrected chi connectivity index (χ0v) is 10.8. The number of hydrogen-bond acceptors (Lipinski definition) is 3. The Morgan fingerprint density at radius 1 is 1.39 bits per heavy atom. The molecule has 0 atom stereocenters. The highest BCUT2D eigenvalue weighted by atomic mass is 16.5. The molecule has 1 aromatic heterocycles. The third kappa shape index (κ3) is 2.14. The molecule has 0 amide bonds. The van der Waals surface area contributed by atoms with Crippen molar-refractivity contribution in [1.29, 1.82) is 0 Å². The van der Waals surface area contributed by atoms with E-state index in [2.05, 4.69) is 4.98 Å². The Kier molecular flexibility index (Phi) is 3.46. The summed E-state index contributed by atoms with van der Waals surface area (Å²) in [5.41, 5.74) is 1.39. The zero-order valence-electron chi connectivity index (χ0n) is 10.8. The first kappa shape index (κ1) is 12.4. The molecule has 0 spiro atoms. The van der Waals surface area contributed by atoms with E-state index in [1.54, 1.807) is 30.0 Å². The van der Waals surface area contributed by atoms with E-state index in [1.165, 1.54) is 0 Å². The molecular formula is C14H16N2O2. The summed E-state index contributed by atoms with van der Waals surface area (Å²) in [5.74, 6) is 1.24. The van der Waals surface area contributed by atoms with Gasteiger partial charge in [-0.25, -0.2) is 4.98 Å². The fourth-order valence-corrected chi connectivity index (χ4v) is 1.92. The number of ether oxygens (including phenoxy) is 1. The summed E-state index contributed by atoms with van der Waals surface area (Å²) in [4.78, 5) is 16.8. The van der Waals surface area contributed by atoms with Crippen LogP contribution >= 0.6 is 0 Å². The molecule has 1 heterocycles. The molecule has 0 saturated carbocycles. The van der Waals surface area contributed by atoms with Gasteiger partial charge in [0.15, 0.2) is 0 Å². The van der Waals surface area contributed by atoms with Gasteiger partial charge < -0.3 is 4.74 Å². The second-order valence-corrected chi connectivity index (χ2v) is 4.03. The molecule has 2 rings (SSSR count). The van der Waals surface area contributed by atoms with Crippen molar-refractivity contribution in [1.82, 2.24) is 9.55 Å². The van der Waals surface area contributed by atoms with Crippen molar-refractivity contribution in [2.45, 2.75) is 20.3 Å². The van der Waals surface area contributed by atoms with Crippen LogP contribution in [0.2, 0.25) is 0 Å². The van der Waals surface area contributed by atoms with Crippen molar-refractivity contribution >= 4 is 5.91 Å². The number of nitrogens with zero attached hydrogens (tertiary/aromatic N) is 2. The summed E-state index contributed by atoms with van der Waals surface area (Å²) in [6.45, 7) is 3.86. The lowest BCUT2D eigenvalue weighted by atomic mass is 10.2. The van der Waals surface area contributed by atoms with Crippen LogP contribution in [-0.2, 0) is 6.42 Å². The Labute approximate surface area is 106 Å². The molecule has 0 aliphatic heterocycles. The quantitative estimate of drug-likeness (QED) is 0.833. The van der Waals surface area contributed by atoms with Gasteiger partial charge in [0.2, 0.25) is 0 Å². The highest BCUT2D eigenvalue weighted by Gasteiger charge is 2.16. The van der Waals surface area contributed by atoms with Crippen LogP contribution in [0.15, 0.2) is 30.5 Å². The first-order valence-electron chi connectivity index (χ1n) is 5.90. The van der Waals surface area contributed by atoms with Gasteiger partial charge in [-0.15, -0.1) is 0 Å². The van der Waals surface area contributed by atoms with Gasteiger partial charge in [0, 0.05) is 12.6 Å². The number of rotatable bonds is 3. The maximum absolute atomic E-state index is 12.5. The minimum absolute atomic E-state index is 0.107. The molecule has 1 aromatic carbocycles. The molecule has 18 heavy (non-hydrogen) atoms. The van der Waals surface area contributed by atoms with E-state index >= 15 is 0 Å². The second kappa shape index (κ2) is 5.04. The Morgan fingerprint density at radius 2 is 2.11 bits per heavy atom. The highest BCUT2D eigenvalue weighted by Crippen LogP contribution is 2.19. The molecule has 0 bridgehead atoms. The number of aryl methyl sites for hydroxylation is 2. The number of hydrogen-bond donors (Lipinski definition) is 0. The summed E-state index contributed by atoms with van der Waals surface area (Å²) < 4.78 is 6.80. The molecule has 94 valence electrons. The van der Waals surface area contributed by atoms with E-state index in [9.17, 15) is 4.79 Å². The van der Waals surface area contributed by atoms with Crippen LogP contribution in [0.3, 0.4) is 0 Å². The van der Waals surface area contributed by atoms with Gasteiger partial charge in [0.1, 0.15) is 11.6 Å². The molecule has 4 heteroatoms. The fourth-order valence-electron chi connectivity index (χ4n) is 1.92. The van der Waals surface area contributed by atoms with Gasteiger partial charge in [-0.05, 0) is 19.1 Å². The van der Waals surface area contributed by atoms with Crippen molar-refractivity contribution < 1.29 is 9.53 Å². The standard InChI is InChI=1S/C14H16N2O2/c1-4-13-15-10(2)9-16(13)14(17)11-7-5-6-8-12(11)18-3/h5-9H,4H2,1-3H3.